The molecule has 4 aliphatic carbocycles. The Hall–Kier alpha value is -0.0800. The molecule has 2 heteroatoms. The zero-order chi connectivity index (χ0) is 22.5. The molecule has 4 rings (SSSR count). The first-order valence-corrected chi connectivity index (χ1v) is 14.0. The van der Waals surface area contributed by atoms with Crippen molar-refractivity contribution in [2.45, 2.75) is 142 Å². The summed E-state index contributed by atoms with van der Waals surface area (Å²) in [5, 5.41) is 21.4. The Kier molecular flexibility index (Phi) is 6.68. The highest BCUT2D eigenvalue weighted by Crippen LogP contribution is 2.68. The fourth-order valence-corrected chi connectivity index (χ4v) is 9.43. The third-order valence-electron chi connectivity index (χ3n) is 11.5. The van der Waals surface area contributed by atoms with Gasteiger partial charge < -0.3 is 10.2 Å². The van der Waals surface area contributed by atoms with Crippen LogP contribution in [0, 0.1) is 40.4 Å². The van der Waals surface area contributed by atoms with Crippen molar-refractivity contribution in [3.63, 3.8) is 0 Å². The van der Waals surface area contributed by atoms with E-state index in [0.29, 0.717) is 10.8 Å². The molecular weight excluding hydrogens is 380 g/mol. The van der Waals surface area contributed by atoms with E-state index in [-0.39, 0.29) is 0 Å². The average Bonchev–Trinajstić information content (AvgIpc) is 3.03. The predicted octanol–water partition coefficient (Wildman–Crippen LogP) is 7.51. The summed E-state index contributed by atoms with van der Waals surface area (Å²) in [6.07, 6.45) is 18.6. The summed E-state index contributed by atoms with van der Waals surface area (Å²) in [5.41, 5.74) is 0.140. The Morgan fingerprint density at radius 3 is 2.29 bits per heavy atom. The zero-order valence-corrected chi connectivity index (χ0v) is 21.4. The van der Waals surface area contributed by atoms with Crippen molar-refractivity contribution in [3.8, 4) is 0 Å². The molecule has 0 aromatic rings. The van der Waals surface area contributed by atoms with Gasteiger partial charge >= 0.3 is 0 Å². The molecule has 31 heavy (non-hydrogen) atoms. The third kappa shape index (κ3) is 4.51. The van der Waals surface area contributed by atoms with Gasteiger partial charge in [0.05, 0.1) is 11.2 Å². The molecule has 4 aliphatic rings. The van der Waals surface area contributed by atoms with E-state index >= 15 is 0 Å². The van der Waals surface area contributed by atoms with E-state index in [9.17, 15) is 10.2 Å². The van der Waals surface area contributed by atoms with E-state index in [1.54, 1.807) is 0 Å². The summed E-state index contributed by atoms with van der Waals surface area (Å²) in [7, 11) is 0. The zero-order valence-electron chi connectivity index (χ0n) is 21.4. The third-order valence-corrected chi connectivity index (χ3v) is 11.5. The molecule has 0 saturated heterocycles. The molecule has 2 N–H and O–H groups in total. The Bertz CT molecular complexity index is 624. The van der Waals surface area contributed by atoms with Crippen LogP contribution in [0.25, 0.3) is 0 Å². The first-order chi connectivity index (χ1) is 14.5. The number of fused-ring (bicyclic) bond motifs is 5. The molecule has 0 spiro atoms. The predicted molar refractivity (Wildman–Crippen MR) is 130 cm³/mol. The summed E-state index contributed by atoms with van der Waals surface area (Å²) in [4.78, 5) is 0. The van der Waals surface area contributed by atoms with Crippen molar-refractivity contribution in [2.24, 2.45) is 40.4 Å². The average molecular weight is 433 g/mol. The van der Waals surface area contributed by atoms with Gasteiger partial charge in [0.15, 0.2) is 0 Å². The minimum atomic E-state index is -0.457. The summed E-state index contributed by atoms with van der Waals surface area (Å²) in [6.45, 7) is 11.6. The van der Waals surface area contributed by atoms with Gasteiger partial charge in [-0.1, -0.05) is 40.0 Å². The monoisotopic (exact) mass is 432 g/mol. The van der Waals surface area contributed by atoms with Crippen molar-refractivity contribution in [1.82, 2.24) is 0 Å². The molecule has 0 aromatic heterocycles. The number of aliphatic hydroxyl groups is 2. The molecule has 0 radical (unpaired) electrons. The molecule has 0 amide bonds. The van der Waals surface area contributed by atoms with Crippen molar-refractivity contribution in [3.05, 3.63) is 0 Å². The minimum Gasteiger partial charge on any atom is -0.390 e. The molecule has 4 fully saturated rings. The van der Waals surface area contributed by atoms with Crippen molar-refractivity contribution in [2.75, 3.05) is 0 Å². The summed E-state index contributed by atoms with van der Waals surface area (Å²) < 4.78 is 0. The molecule has 2 nitrogen and oxygen atoms in total. The smallest absolute Gasteiger partial charge is 0.0622 e. The van der Waals surface area contributed by atoms with Gasteiger partial charge in [0, 0.05) is 0 Å². The minimum absolute atomic E-state index is 0.420. The van der Waals surface area contributed by atoms with Crippen molar-refractivity contribution in [1.29, 1.82) is 0 Å². The fraction of sp³-hybridized carbons (Fsp3) is 1.00. The molecule has 0 aromatic carbocycles. The Balaban J connectivity index is 1.39. The highest BCUT2D eigenvalue weighted by molar-refractivity contribution is 5.10. The Morgan fingerprint density at radius 1 is 0.839 bits per heavy atom. The van der Waals surface area contributed by atoms with E-state index in [4.69, 9.17) is 0 Å². The van der Waals surface area contributed by atoms with Gasteiger partial charge in [0.2, 0.25) is 0 Å². The maximum atomic E-state index is 10.7. The van der Waals surface area contributed by atoms with Gasteiger partial charge in [-0.2, -0.15) is 0 Å². The van der Waals surface area contributed by atoms with Crippen LogP contribution in [-0.2, 0) is 0 Å². The van der Waals surface area contributed by atoms with E-state index in [2.05, 4.69) is 34.6 Å². The first-order valence-electron chi connectivity index (χ1n) is 14.0. The number of hydrogen-bond acceptors (Lipinski definition) is 2. The lowest BCUT2D eigenvalue weighted by atomic mass is 9.44. The van der Waals surface area contributed by atoms with E-state index in [1.165, 1.54) is 64.2 Å². The van der Waals surface area contributed by atoms with Crippen LogP contribution >= 0.6 is 0 Å². The second-order valence-electron chi connectivity index (χ2n) is 13.7. The van der Waals surface area contributed by atoms with Crippen LogP contribution in [0.2, 0.25) is 0 Å². The highest BCUT2D eigenvalue weighted by atomic mass is 16.3. The molecule has 0 bridgehead atoms. The van der Waals surface area contributed by atoms with Gasteiger partial charge in [0.1, 0.15) is 0 Å². The maximum absolute atomic E-state index is 10.7. The van der Waals surface area contributed by atoms with Crippen LogP contribution in [0.1, 0.15) is 131 Å². The topological polar surface area (TPSA) is 40.5 Å². The van der Waals surface area contributed by atoms with Gasteiger partial charge in [-0.25, -0.2) is 0 Å². The summed E-state index contributed by atoms with van der Waals surface area (Å²) >= 11 is 0. The van der Waals surface area contributed by atoms with E-state index in [1.807, 2.05) is 0 Å². The van der Waals surface area contributed by atoms with Crippen LogP contribution in [0.3, 0.4) is 0 Å². The molecule has 9 atom stereocenters. The summed E-state index contributed by atoms with van der Waals surface area (Å²) in [6, 6.07) is 0. The van der Waals surface area contributed by atoms with E-state index in [0.717, 1.165) is 61.7 Å². The lowest BCUT2D eigenvalue weighted by Crippen LogP contribution is -2.55. The van der Waals surface area contributed by atoms with Gasteiger partial charge in [-0.05, 0) is 131 Å². The molecule has 0 aliphatic heterocycles. The highest BCUT2D eigenvalue weighted by Gasteiger charge is 2.60. The standard InChI is InChI=1S/C29H52O2/c1-6-7-15-26(2,30)16-8-9-21-11-13-24-23-12-10-22-20-27(3,31)18-19-29(22,5)25(23)14-17-28(21,24)4/h21-25,30-31H,6-20H2,1-5H3/t21-,22-,23-,24-,25-,26-,27-,28+,29-/m0/s1. The normalized spacial score (nSPS) is 49.1. The molecule has 180 valence electrons. The Labute approximate surface area is 193 Å². The van der Waals surface area contributed by atoms with Crippen LogP contribution in [0.5, 0.6) is 0 Å². The molecule has 0 unspecified atom stereocenters. The molecule has 4 saturated carbocycles. The number of hydrogen-bond donors (Lipinski definition) is 2. The number of rotatable bonds is 7. The van der Waals surface area contributed by atoms with Crippen LogP contribution in [0.15, 0.2) is 0 Å². The molecular formula is C29H52O2. The second-order valence-corrected chi connectivity index (χ2v) is 13.7. The fourth-order valence-electron chi connectivity index (χ4n) is 9.43. The van der Waals surface area contributed by atoms with E-state index < -0.39 is 11.2 Å². The van der Waals surface area contributed by atoms with Gasteiger partial charge in [-0.3, -0.25) is 0 Å². The first kappa shape index (κ1) is 24.1. The van der Waals surface area contributed by atoms with Crippen molar-refractivity contribution < 1.29 is 10.2 Å². The van der Waals surface area contributed by atoms with Crippen LogP contribution in [0.4, 0.5) is 0 Å². The van der Waals surface area contributed by atoms with Crippen molar-refractivity contribution >= 4 is 0 Å². The second kappa shape index (κ2) is 8.61. The quantitative estimate of drug-likeness (QED) is 0.437. The van der Waals surface area contributed by atoms with Gasteiger partial charge in [0.25, 0.3) is 0 Å². The van der Waals surface area contributed by atoms with Crippen LogP contribution in [-0.4, -0.2) is 21.4 Å². The molecule has 0 heterocycles. The SMILES string of the molecule is CCCC[C@](C)(O)CCC[C@H]1CC[C@H]2[C@@H]3CC[C@H]4C[C@@](C)(O)CC[C@]4(C)[C@H]3CC[C@]12C. The summed E-state index contributed by atoms with van der Waals surface area (Å²) in [5.74, 6) is 4.37. The number of unbranched alkanes of at least 4 members (excludes halogenated alkanes) is 1. The van der Waals surface area contributed by atoms with Gasteiger partial charge in [-0.15, -0.1) is 0 Å². The largest absolute Gasteiger partial charge is 0.390 e. The van der Waals surface area contributed by atoms with Crippen LogP contribution < -0.4 is 0 Å². The Morgan fingerprint density at radius 2 is 1.55 bits per heavy atom. The lowest BCUT2D eigenvalue weighted by Gasteiger charge is -2.62. The maximum Gasteiger partial charge on any atom is 0.0622 e. The lowest BCUT2D eigenvalue weighted by molar-refractivity contribution is -0.146.